The molecular weight excluding hydrogens is 344 g/mol. The molecule has 6 bridgehead atoms. The second-order valence-electron chi connectivity index (χ2n) is 7.14. The Hall–Kier alpha value is -3.13. The van der Waals surface area contributed by atoms with Gasteiger partial charge in [-0.25, -0.2) is 4.98 Å². The highest BCUT2D eigenvalue weighted by Crippen LogP contribution is 2.28. The van der Waals surface area contributed by atoms with Gasteiger partial charge >= 0.3 is 0 Å². The quantitative estimate of drug-likeness (QED) is 0.606. The van der Waals surface area contributed by atoms with E-state index in [0.29, 0.717) is 30.1 Å². The number of carbonyl (C=O) groups excluding carboxylic acids is 1. The van der Waals surface area contributed by atoms with Crippen LogP contribution in [0.25, 0.3) is 5.65 Å². The zero-order chi connectivity index (χ0) is 18.5. The molecule has 4 heterocycles. The summed E-state index contributed by atoms with van der Waals surface area (Å²) in [6, 6.07) is 9.94. The van der Waals surface area contributed by atoms with E-state index < -0.39 is 6.10 Å². The number of carbonyl (C=O) groups is 1. The predicted molar refractivity (Wildman–Crippen MR) is 101 cm³/mol. The van der Waals surface area contributed by atoms with Gasteiger partial charge in [0.15, 0.2) is 5.65 Å². The molecule has 2 aliphatic rings. The van der Waals surface area contributed by atoms with Crippen molar-refractivity contribution in [3.63, 3.8) is 0 Å². The van der Waals surface area contributed by atoms with Crippen molar-refractivity contribution >= 4 is 28.9 Å². The zero-order valence-corrected chi connectivity index (χ0v) is 14.9. The summed E-state index contributed by atoms with van der Waals surface area (Å²) < 4.78 is 1.62. The molecule has 5 rings (SSSR count). The van der Waals surface area contributed by atoms with E-state index in [-0.39, 0.29) is 11.8 Å². The van der Waals surface area contributed by atoms with Gasteiger partial charge in [-0.2, -0.15) is 9.61 Å². The Balaban J connectivity index is 1.72. The van der Waals surface area contributed by atoms with Crippen molar-refractivity contribution in [3.05, 3.63) is 47.7 Å². The third-order valence-electron chi connectivity index (χ3n) is 5.35. The lowest BCUT2D eigenvalue weighted by Crippen LogP contribution is -2.29. The number of nitrogens with one attached hydrogen (secondary N) is 2. The fourth-order valence-corrected chi connectivity index (χ4v) is 3.97. The van der Waals surface area contributed by atoms with Crippen molar-refractivity contribution in [1.82, 2.24) is 19.5 Å². The van der Waals surface area contributed by atoms with Crippen LogP contribution in [0, 0.1) is 5.92 Å². The lowest BCUT2D eigenvalue weighted by Gasteiger charge is -2.15. The molecule has 0 radical (unpaired) electrons. The van der Waals surface area contributed by atoms with Crippen LogP contribution in [0.3, 0.4) is 0 Å². The van der Waals surface area contributed by atoms with Crippen LogP contribution in [0.15, 0.2) is 36.5 Å². The Morgan fingerprint density at radius 1 is 1.30 bits per heavy atom. The van der Waals surface area contributed by atoms with Gasteiger partial charge in [-0.15, -0.1) is 0 Å². The van der Waals surface area contributed by atoms with E-state index in [9.17, 15) is 9.90 Å². The maximum Gasteiger partial charge on any atom is 0.259 e. The zero-order valence-electron chi connectivity index (χ0n) is 14.9. The van der Waals surface area contributed by atoms with Crippen LogP contribution in [0.4, 0.5) is 17.3 Å². The molecule has 0 spiro atoms. The van der Waals surface area contributed by atoms with Crippen LogP contribution in [-0.2, 0) is 6.42 Å². The Kier molecular flexibility index (Phi) is 3.54. The highest BCUT2D eigenvalue weighted by molar-refractivity contribution is 6.00. The molecular formula is C19H20N6O2. The number of aromatic nitrogens is 3. The Bertz CT molecular complexity index is 1050. The van der Waals surface area contributed by atoms with Crippen LogP contribution in [-0.4, -0.2) is 56.8 Å². The summed E-state index contributed by atoms with van der Waals surface area (Å²) in [4.78, 5) is 19.4. The van der Waals surface area contributed by atoms with Crippen LogP contribution >= 0.6 is 0 Å². The minimum atomic E-state index is -0.535. The summed E-state index contributed by atoms with van der Waals surface area (Å²) >= 11 is 0. The number of amides is 1. The third-order valence-corrected chi connectivity index (χ3v) is 5.35. The normalized spacial score (nSPS) is 21.6. The van der Waals surface area contributed by atoms with Gasteiger partial charge in [0.2, 0.25) is 0 Å². The molecule has 3 N–H and O–H groups in total. The number of hydrogen-bond donors (Lipinski definition) is 3. The van der Waals surface area contributed by atoms with E-state index in [1.165, 1.54) is 0 Å². The van der Waals surface area contributed by atoms with Crippen LogP contribution in [0.2, 0.25) is 0 Å². The summed E-state index contributed by atoms with van der Waals surface area (Å²) in [6.45, 7) is 0.852. The summed E-state index contributed by atoms with van der Waals surface area (Å²) in [6.07, 6.45) is 1.73. The summed E-state index contributed by atoms with van der Waals surface area (Å²) in [5, 5.41) is 21.2. The minimum absolute atomic E-state index is 0.0139. The first-order chi connectivity index (χ1) is 13.1. The summed E-state index contributed by atoms with van der Waals surface area (Å²) in [7, 11) is 1.80. The molecule has 1 saturated heterocycles. The molecule has 2 aliphatic heterocycles. The maximum atomic E-state index is 13.1. The Labute approximate surface area is 155 Å². The van der Waals surface area contributed by atoms with E-state index in [1.807, 2.05) is 24.3 Å². The van der Waals surface area contributed by atoms with Crippen LogP contribution in [0.1, 0.15) is 15.9 Å². The van der Waals surface area contributed by atoms with E-state index in [2.05, 4.69) is 26.8 Å². The van der Waals surface area contributed by atoms with Gasteiger partial charge in [0.05, 0.1) is 12.3 Å². The lowest BCUT2D eigenvalue weighted by atomic mass is 9.96. The van der Waals surface area contributed by atoms with Crippen LogP contribution in [0.5, 0.6) is 0 Å². The first-order valence-electron chi connectivity index (χ1n) is 9.02. The molecule has 8 nitrogen and oxygen atoms in total. The largest absolute Gasteiger partial charge is 0.391 e. The molecule has 1 aromatic carbocycles. The highest BCUT2D eigenvalue weighted by atomic mass is 16.3. The van der Waals surface area contributed by atoms with Crippen molar-refractivity contribution < 1.29 is 9.90 Å². The fourth-order valence-electron chi connectivity index (χ4n) is 3.97. The monoisotopic (exact) mass is 364 g/mol. The Morgan fingerprint density at radius 2 is 2.19 bits per heavy atom. The molecule has 2 atom stereocenters. The predicted octanol–water partition coefficient (Wildman–Crippen LogP) is 1.50. The van der Waals surface area contributed by atoms with Gasteiger partial charge in [-0.05, 0) is 24.1 Å². The summed E-state index contributed by atoms with van der Waals surface area (Å²) in [5.41, 5.74) is 2.97. The molecule has 0 unspecified atom stereocenters. The van der Waals surface area contributed by atoms with E-state index >= 15 is 0 Å². The van der Waals surface area contributed by atoms with E-state index in [0.717, 1.165) is 23.5 Å². The average molecular weight is 364 g/mol. The van der Waals surface area contributed by atoms with Crippen molar-refractivity contribution in [2.75, 3.05) is 30.8 Å². The molecule has 2 aromatic heterocycles. The maximum absolute atomic E-state index is 13.1. The second-order valence-corrected chi connectivity index (χ2v) is 7.14. The van der Waals surface area contributed by atoms with Crippen LogP contribution < -0.4 is 10.6 Å². The van der Waals surface area contributed by atoms with Gasteiger partial charge in [0.1, 0.15) is 17.2 Å². The molecule has 27 heavy (non-hydrogen) atoms. The van der Waals surface area contributed by atoms with Gasteiger partial charge in [0.25, 0.3) is 5.91 Å². The average Bonchev–Trinajstić information content (AvgIpc) is 3.24. The van der Waals surface area contributed by atoms with Gasteiger partial charge in [-0.1, -0.05) is 12.1 Å². The molecule has 0 aliphatic carbocycles. The summed E-state index contributed by atoms with van der Waals surface area (Å²) in [5.74, 6) is 1.23. The van der Waals surface area contributed by atoms with Crippen molar-refractivity contribution in [1.29, 1.82) is 0 Å². The van der Waals surface area contributed by atoms with Gasteiger partial charge in [0, 0.05) is 37.8 Å². The number of rotatable bonds is 1. The molecule has 8 heteroatoms. The first kappa shape index (κ1) is 16.1. The molecule has 0 saturated carbocycles. The SMILES string of the molecule is CNc1cc2nc3c(cnn13)C(=O)N1C[C@H](Cc3cccc(c3)N2)[C@H](O)C1. The number of nitrogens with zero attached hydrogens (tertiary/aromatic N) is 4. The first-order valence-corrected chi connectivity index (χ1v) is 9.02. The topological polar surface area (TPSA) is 94.8 Å². The molecule has 3 aromatic rings. The number of aliphatic hydroxyl groups excluding tert-OH is 1. The number of benzene rings is 1. The number of aliphatic hydroxyl groups is 1. The molecule has 1 fully saturated rings. The van der Waals surface area contributed by atoms with E-state index in [4.69, 9.17) is 0 Å². The van der Waals surface area contributed by atoms with Gasteiger partial charge < -0.3 is 20.6 Å². The number of anilines is 3. The number of hydrogen-bond acceptors (Lipinski definition) is 6. The minimum Gasteiger partial charge on any atom is -0.391 e. The Morgan fingerprint density at radius 3 is 3.04 bits per heavy atom. The van der Waals surface area contributed by atoms with E-state index in [1.54, 1.807) is 22.7 Å². The number of fused-ring (bicyclic) bond motifs is 5. The third kappa shape index (κ3) is 2.60. The standard InChI is InChI=1S/C19H20N6O2/c1-20-17-7-16-22-13-4-2-3-11(6-13)5-12-9-24(10-15(12)26)19(27)14-8-21-25(17)18(14)23-16/h2-4,6-8,12,15,20,26H,5,9-10H2,1H3,(H,22,23)/t12-,15+/m0/s1. The highest BCUT2D eigenvalue weighted by Gasteiger charge is 2.35. The second kappa shape index (κ2) is 5.95. The molecule has 138 valence electrons. The van der Waals surface area contributed by atoms with Crippen molar-refractivity contribution in [2.24, 2.45) is 5.92 Å². The van der Waals surface area contributed by atoms with Crippen molar-refractivity contribution in [2.45, 2.75) is 12.5 Å². The fraction of sp³-hybridized carbons (Fsp3) is 0.316. The lowest BCUT2D eigenvalue weighted by molar-refractivity contribution is 0.0766. The molecule has 1 amide bonds. The van der Waals surface area contributed by atoms with Crippen molar-refractivity contribution in [3.8, 4) is 0 Å². The van der Waals surface area contributed by atoms with Gasteiger partial charge in [-0.3, -0.25) is 4.79 Å². The smallest absolute Gasteiger partial charge is 0.259 e.